The normalized spacial score (nSPS) is 12.1. The maximum atomic E-state index is 14.1. The van der Waals surface area contributed by atoms with Crippen LogP contribution in [0.3, 0.4) is 0 Å². The summed E-state index contributed by atoms with van der Waals surface area (Å²) >= 11 is 6.82. The molecule has 0 aliphatic carbocycles. The molecular formula is C25H17ClF2N4O2. The Morgan fingerprint density at radius 3 is 2.68 bits per heavy atom. The number of hydrogen-bond donors (Lipinski definition) is 2. The molecule has 0 aliphatic heterocycles. The first-order chi connectivity index (χ1) is 16.5. The standard InChI is InChI=1S/C25H17ClF2N4O2/c1-34-20-5-4-15(27)8-16(20)18-12-32-25-21(18)22(26)17(11-31-25)13-7-14(10-29-9-13)24(33)23-19(28)3-2-6-30-23/h2-12,24,33H,1H3,(H,31,32). The van der Waals surface area contributed by atoms with Crippen molar-refractivity contribution >= 4 is 22.6 Å². The predicted octanol–water partition coefficient (Wildman–Crippen LogP) is 5.71. The number of aromatic nitrogens is 4. The van der Waals surface area contributed by atoms with Gasteiger partial charge in [-0.25, -0.2) is 13.8 Å². The van der Waals surface area contributed by atoms with Crippen LogP contribution in [-0.2, 0) is 0 Å². The summed E-state index contributed by atoms with van der Waals surface area (Å²) in [6.45, 7) is 0. The maximum absolute atomic E-state index is 14.1. The molecule has 1 unspecified atom stereocenters. The number of nitrogens with zero attached hydrogens (tertiary/aromatic N) is 3. The highest BCUT2D eigenvalue weighted by Gasteiger charge is 2.21. The molecule has 0 saturated heterocycles. The molecule has 0 radical (unpaired) electrons. The van der Waals surface area contributed by atoms with Gasteiger partial charge in [-0.15, -0.1) is 0 Å². The number of aromatic amines is 1. The Labute approximate surface area is 197 Å². The molecular weight excluding hydrogens is 462 g/mol. The smallest absolute Gasteiger partial charge is 0.147 e. The lowest BCUT2D eigenvalue weighted by atomic mass is 10.00. The van der Waals surface area contributed by atoms with Crippen molar-refractivity contribution < 1.29 is 18.6 Å². The molecule has 34 heavy (non-hydrogen) atoms. The first-order valence-electron chi connectivity index (χ1n) is 10.2. The molecule has 0 saturated carbocycles. The van der Waals surface area contributed by atoms with E-state index < -0.39 is 17.7 Å². The van der Waals surface area contributed by atoms with Crippen molar-refractivity contribution in [2.45, 2.75) is 6.10 Å². The summed E-state index contributed by atoms with van der Waals surface area (Å²) < 4.78 is 33.6. The van der Waals surface area contributed by atoms with E-state index in [2.05, 4.69) is 19.9 Å². The van der Waals surface area contributed by atoms with E-state index in [1.807, 2.05) is 0 Å². The largest absolute Gasteiger partial charge is 0.496 e. The molecule has 9 heteroatoms. The number of H-pyrrole nitrogens is 1. The van der Waals surface area contributed by atoms with Crippen LogP contribution in [-0.4, -0.2) is 32.2 Å². The highest BCUT2D eigenvalue weighted by molar-refractivity contribution is 6.39. The summed E-state index contributed by atoms with van der Waals surface area (Å²) in [5.74, 6) is -0.562. The molecule has 4 aromatic heterocycles. The average Bonchev–Trinajstić information content (AvgIpc) is 3.29. The van der Waals surface area contributed by atoms with Crippen LogP contribution >= 0.6 is 11.6 Å². The first kappa shape index (κ1) is 21.9. The monoisotopic (exact) mass is 478 g/mol. The minimum absolute atomic E-state index is 0.104. The van der Waals surface area contributed by atoms with Crippen molar-refractivity contribution in [1.82, 2.24) is 19.9 Å². The van der Waals surface area contributed by atoms with Crippen LogP contribution in [0.15, 0.2) is 67.4 Å². The summed E-state index contributed by atoms with van der Waals surface area (Å²) in [6.07, 6.45) is 6.34. The molecule has 170 valence electrons. The Hall–Kier alpha value is -3.88. The molecule has 0 fully saturated rings. The minimum atomic E-state index is -1.32. The van der Waals surface area contributed by atoms with Crippen molar-refractivity contribution in [1.29, 1.82) is 0 Å². The van der Waals surface area contributed by atoms with Gasteiger partial charge < -0.3 is 14.8 Å². The highest BCUT2D eigenvalue weighted by Crippen LogP contribution is 2.41. The third-order valence-electron chi connectivity index (χ3n) is 5.52. The van der Waals surface area contributed by atoms with Crippen LogP contribution in [0.4, 0.5) is 8.78 Å². The number of methoxy groups -OCH3 is 1. The molecule has 6 nitrogen and oxygen atoms in total. The van der Waals surface area contributed by atoms with E-state index in [9.17, 15) is 13.9 Å². The fraction of sp³-hybridized carbons (Fsp3) is 0.0800. The number of fused-ring (bicyclic) bond motifs is 1. The Kier molecular flexibility index (Phi) is 5.69. The quantitative estimate of drug-likeness (QED) is 0.338. The highest BCUT2D eigenvalue weighted by atomic mass is 35.5. The zero-order valence-electron chi connectivity index (χ0n) is 17.8. The molecule has 0 spiro atoms. The predicted molar refractivity (Wildman–Crippen MR) is 125 cm³/mol. The van der Waals surface area contributed by atoms with Crippen molar-refractivity contribution in [3.63, 3.8) is 0 Å². The number of pyridine rings is 3. The number of benzene rings is 1. The van der Waals surface area contributed by atoms with Crippen LogP contribution < -0.4 is 4.74 Å². The lowest BCUT2D eigenvalue weighted by molar-refractivity contribution is 0.209. The molecule has 0 amide bonds. The van der Waals surface area contributed by atoms with Crippen LogP contribution in [0.25, 0.3) is 33.3 Å². The lowest BCUT2D eigenvalue weighted by Crippen LogP contribution is -2.05. The van der Waals surface area contributed by atoms with Gasteiger partial charge in [-0.05, 0) is 36.4 Å². The second kappa shape index (κ2) is 8.81. The second-order valence-corrected chi connectivity index (χ2v) is 7.91. The van der Waals surface area contributed by atoms with Crippen LogP contribution in [0, 0.1) is 11.6 Å². The van der Waals surface area contributed by atoms with Crippen molar-refractivity contribution in [3.05, 3.63) is 95.3 Å². The summed E-state index contributed by atoms with van der Waals surface area (Å²) in [4.78, 5) is 15.6. The molecule has 1 atom stereocenters. The molecule has 0 aliphatic rings. The Morgan fingerprint density at radius 2 is 1.88 bits per heavy atom. The van der Waals surface area contributed by atoms with Gasteiger partial charge in [0.25, 0.3) is 0 Å². The fourth-order valence-corrected chi connectivity index (χ4v) is 4.22. The van der Waals surface area contributed by atoms with Gasteiger partial charge in [0.15, 0.2) is 0 Å². The summed E-state index contributed by atoms with van der Waals surface area (Å²) in [5.41, 5.74) is 2.97. The van der Waals surface area contributed by atoms with Crippen LogP contribution in [0.5, 0.6) is 5.75 Å². The van der Waals surface area contributed by atoms with Crippen LogP contribution in [0.1, 0.15) is 17.4 Å². The van der Waals surface area contributed by atoms with Crippen LogP contribution in [0.2, 0.25) is 5.02 Å². The first-order valence-corrected chi connectivity index (χ1v) is 10.6. The molecule has 5 aromatic rings. The van der Waals surface area contributed by atoms with Gasteiger partial charge in [-0.2, -0.15) is 0 Å². The lowest BCUT2D eigenvalue weighted by Gasteiger charge is -2.13. The third-order valence-corrected chi connectivity index (χ3v) is 5.91. The Morgan fingerprint density at radius 1 is 1.03 bits per heavy atom. The zero-order chi connectivity index (χ0) is 23.8. The van der Waals surface area contributed by atoms with Gasteiger partial charge in [0.05, 0.1) is 12.1 Å². The van der Waals surface area contributed by atoms with Crippen molar-refractivity contribution in [3.8, 4) is 28.0 Å². The van der Waals surface area contributed by atoms with E-state index in [1.165, 1.54) is 43.8 Å². The number of aliphatic hydroxyl groups is 1. The summed E-state index contributed by atoms with van der Waals surface area (Å²) in [6, 6.07) is 8.55. The molecule has 1 aromatic carbocycles. The second-order valence-electron chi connectivity index (χ2n) is 7.54. The van der Waals surface area contributed by atoms with E-state index in [-0.39, 0.29) is 5.69 Å². The van der Waals surface area contributed by atoms with Gasteiger partial charge >= 0.3 is 0 Å². The number of hydrogen-bond acceptors (Lipinski definition) is 5. The van der Waals surface area contributed by atoms with Gasteiger partial charge in [0, 0.05) is 64.2 Å². The molecule has 4 heterocycles. The Balaban J connectivity index is 1.63. The molecule has 0 bridgehead atoms. The van der Waals surface area contributed by atoms with Crippen molar-refractivity contribution in [2.24, 2.45) is 0 Å². The summed E-state index contributed by atoms with van der Waals surface area (Å²) in [5, 5.41) is 11.6. The number of aliphatic hydroxyl groups excluding tert-OH is 1. The topological polar surface area (TPSA) is 83.9 Å². The summed E-state index contributed by atoms with van der Waals surface area (Å²) in [7, 11) is 1.50. The average molecular weight is 479 g/mol. The van der Waals surface area contributed by atoms with E-state index >= 15 is 0 Å². The van der Waals surface area contributed by atoms with Gasteiger partial charge in [0.1, 0.15) is 34.8 Å². The molecule has 2 N–H and O–H groups in total. The number of ether oxygens (including phenoxy) is 1. The zero-order valence-corrected chi connectivity index (χ0v) is 18.5. The fourth-order valence-electron chi connectivity index (χ4n) is 3.87. The maximum Gasteiger partial charge on any atom is 0.147 e. The van der Waals surface area contributed by atoms with E-state index in [1.54, 1.807) is 30.7 Å². The number of rotatable bonds is 5. The SMILES string of the molecule is COc1ccc(F)cc1-c1c[nH]c2ncc(-c3cncc(C(O)c4ncccc4F)c3)c(Cl)c12. The van der Waals surface area contributed by atoms with E-state index in [0.717, 1.165) is 0 Å². The number of halogens is 3. The van der Waals surface area contributed by atoms with Gasteiger partial charge in [0.2, 0.25) is 0 Å². The molecule has 5 rings (SSSR count). The third kappa shape index (κ3) is 3.76. The van der Waals surface area contributed by atoms with Gasteiger partial charge in [-0.3, -0.25) is 9.97 Å². The number of nitrogens with one attached hydrogen (secondary N) is 1. The minimum Gasteiger partial charge on any atom is -0.496 e. The van der Waals surface area contributed by atoms with Gasteiger partial charge in [-0.1, -0.05) is 11.6 Å². The Bertz CT molecular complexity index is 1520. The van der Waals surface area contributed by atoms with Crippen molar-refractivity contribution in [2.75, 3.05) is 7.11 Å². The van der Waals surface area contributed by atoms with E-state index in [4.69, 9.17) is 16.3 Å². The van der Waals surface area contributed by atoms with E-state index in [0.29, 0.717) is 49.6 Å².